The summed E-state index contributed by atoms with van der Waals surface area (Å²) in [5, 5.41) is 6.74. The largest absolute Gasteiger partial charge is 0.496 e. The molecule has 1 aliphatic rings. The number of benzene rings is 1. The quantitative estimate of drug-likeness (QED) is 0.226. The molecule has 2 rings (SSSR count). The van der Waals surface area contributed by atoms with Crippen LogP contribution in [0.4, 0.5) is 0 Å². The highest BCUT2D eigenvalue weighted by Gasteiger charge is 2.17. The Morgan fingerprint density at radius 1 is 1.10 bits per heavy atom. The maximum atomic E-state index is 5.51. The summed E-state index contributed by atoms with van der Waals surface area (Å²) in [6, 6.07) is 4.42. The smallest absolute Gasteiger partial charge is 0.191 e. The zero-order chi connectivity index (χ0) is 20.4. The predicted molar refractivity (Wildman–Crippen MR) is 129 cm³/mol. The van der Waals surface area contributed by atoms with Crippen LogP contribution in [0.3, 0.4) is 0 Å². The fourth-order valence-corrected chi connectivity index (χ4v) is 3.62. The molecule has 0 spiro atoms. The molecule has 1 aromatic carbocycles. The van der Waals surface area contributed by atoms with E-state index in [2.05, 4.69) is 27.4 Å². The summed E-state index contributed by atoms with van der Waals surface area (Å²) < 4.78 is 16.3. The standard InChI is InChI=1S/C21H36N4O3.HI/c1-16-9-6-7-11-25(16)12-8-10-23-21(22-2)24-15-18-19(27-4)13-17(26-3)14-20(18)28-5;/h13-14,16H,6-12,15H2,1-5H3,(H2,22,23,24);1H. The van der Waals surface area contributed by atoms with Crippen molar-refractivity contribution in [3.63, 3.8) is 0 Å². The lowest BCUT2D eigenvalue weighted by Crippen LogP contribution is -2.41. The lowest BCUT2D eigenvalue weighted by molar-refractivity contribution is 0.159. The van der Waals surface area contributed by atoms with Gasteiger partial charge in [-0.1, -0.05) is 6.42 Å². The van der Waals surface area contributed by atoms with Crippen molar-refractivity contribution >= 4 is 29.9 Å². The van der Waals surface area contributed by atoms with Crippen molar-refractivity contribution in [2.24, 2.45) is 4.99 Å². The van der Waals surface area contributed by atoms with E-state index >= 15 is 0 Å². The molecule has 1 atom stereocenters. The molecular formula is C21H37IN4O3. The molecule has 29 heavy (non-hydrogen) atoms. The first-order chi connectivity index (χ1) is 13.6. The number of aliphatic imine (C=N–C) groups is 1. The van der Waals surface area contributed by atoms with Crippen molar-refractivity contribution in [2.75, 3.05) is 48.0 Å². The topological polar surface area (TPSA) is 67.4 Å². The van der Waals surface area contributed by atoms with Gasteiger partial charge in [-0.05, 0) is 32.7 Å². The highest BCUT2D eigenvalue weighted by atomic mass is 127. The second-order valence-corrected chi connectivity index (χ2v) is 7.10. The molecule has 0 aliphatic carbocycles. The Balaban J connectivity index is 0.00000420. The molecule has 1 fully saturated rings. The molecule has 0 amide bonds. The van der Waals surface area contributed by atoms with E-state index in [9.17, 15) is 0 Å². The summed E-state index contributed by atoms with van der Waals surface area (Å²) in [4.78, 5) is 6.91. The predicted octanol–water partition coefficient (Wildman–Crippen LogP) is 3.26. The van der Waals surface area contributed by atoms with E-state index in [0.717, 1.165) is 42.5 Å². The number of likely N-dealkylation sites (tertiary alicyclic amines) is 1. The summed E-state index contributed by atoms with van der Waals surface area (Å²) in [6.45, 7) is 6.12. The Labute approximate surface area is 192 Å². The van der Waals surface area contributed by atoms with Gasteiger partial charge in [0.15, 0.2) is 5.96 Å². The van der Waals surface area contributed by atoms with Crippen LogP contribution < -0.4 is 24.8 Å². The summed E-state index contributed by atoms with van der Waals surface area (Å²) in [6.07, 6.45) is 5.11. The molecular weight excluding hydrogens is 483 g/mol. The van der Waals surface area contributed by atoms with Gasteiger partial charge in [0.2, 0.25) is 0 Å². The number of hydrogen-bond donors (Lipinski definition) is 2. The molecule has 2 N–H and O–H groups in total. The molecule has 8 heteroatoms. The van der Waals surface area contributed by atoms with Crippen LogP contribution >= 0.6 is 24.0 Å². The van der Waals surface area contributed by atoms with E-state index in [1.165, 1.54) is 25.8 Å². The van der Waals surface area contributed by atoms with Gasteiger partial charge in [-0.3, -0.25) is 4.99 Å². The van der Waals surface area contributed by atoms with Gasteiger partial charge < -0.3 is 29.7 Å². The number of halogens is 1. The first kappa shape index (κ1) is 25.6. The van der Waals surface area contributed by atoms with Crippen LogP contribution in [0.5, 0.6) is 17.2 Å². The Kier molecular flexibility index (Phi) is 12.1. The lowest BCUT2D eigenvalue weighted by atomic mass is 10.0. The number of hydrogen-bond acceptors (Lipinski definition) is 5. The van der Waals surface area contributed by atoms with Crippen LogP contribution in [-0.4, -0.2) is 64.9 Å². The zero-order valence-corrected chi connectivity index (χ0v) is 20.7. The molecule has 0 bridgehead atoms. The zero-order valence-electron chi connectivity index (χ0n) is 18.4. The van der Waals surface area contributed by atoms with Gasteiger partial charge in [-0.15, -0.1) is 24.0 Å². The minimum atomic E-state index is 0. The summed E-state index contributed by atoms with van der Waals surface area (Å²) in [5.41, 5.74) is 0.927. The average molecular weight is 520 g/mol. The molecule has 1 heterocycles. The molecule has 1 saturated heterocycles. The van der Waals surface area contributed by atoms with Crippen LogP contribution in [0.15, 0.2) is 17.1 Å². The molecule has 7 nitrogen and oxygen atoms in total. The van der Waals surface area contributed by atoms with Crippen molar-refractivity contribution in [3.8, 4) is 17.2 Å². The van der Waals surface area contributed by atoms with Gasteiger partial charge >= 0.3 is 0 Å². The van der Waals surface area contributed by atoms with Crippen LogP contribution in [0.25, 0.3) is 0 Å². The van der Waals surface area contributed by atoms with Gasteiger partial charge in [0.1, 0.15) is 17.2 Å². The fourth-order valence-electron chi connectivity index (χ4n) is 3.62. The number of piperidine rings is 1. The van der Waals surface area contributed by atoms with Gasteiger partial charge in [0.25, 0.3) is 0 Å². The van der Waals surface area contributed by atoms with Crippen molar-refractivity contribution in [1.82, 2.24) is 15.5 Å². The monoisotopic (exact) mass is 520 g/mol. The van der Waals surface area contributed by atoms with E-state index in [0.29, 0.717) is 18.3 Å². The van der Waals surface area contributed by atoms with Crippen molar-refractivity contribution in [1.29, 1.82) is 0 Å². The van der Waals surface area contributed by atoms with E-state index in [1.54, 1.807) is 28.4 Å². The number of nitrogens with one attached hydrogen (secondary N) is 2. The van der Waals surface area contributed by atoms with E-state index in [-0.39, 0.29) is 24.0 Å². The lowest BCUT2D eigenvalue weighted by Gasteiger charge is -2.33. The van der Waals surface area contributed by atoms with Crippen LogP contribution in [-0.2, 0) is 6.54 Å². The Morgan fingerprint density at radius 3 is 2.34 bits per heavy atom. The number of nitrogens with zero attached hydrogens (tertiary/aromatic N) is 2. The number of ether oxygens (including phenoxy) is 3. The van der Waals surface area contributed by atoms with E-state index in [4.69, 9.17) is 14.2 Å². The minimum Gasteiger partial charge on any atom is -0.496 e. The van der Waals surface area contributed by atoms with E-state index in [1.807, 2.05) is 12.1 Å². The maximum Gasteiger partial charge on any atom is 0.191 e. The minimum absolute atomic E-state index is 0. The maximum absolute atomic E-state index is 5.51. The summed E-state index contributed by atoms with van der Waals surface area (Å²) in [5.74, 6) is 2.91. The summed E-state index contributed by atoms with van der Waals surface area (Å²) >= 11 is 0. The first-order valence-electron chi connectivity index (χ1n) is 10.1. The Morgan fingerprint density at radius 2 is 1.79 bits per heavy atom. The third-order valence-corrected chi connectivity index (χ3v) is 5.33. The number of rotatable bonds is 9. The van der Waals surface area contributed by atoms with E-state index < -0.39 is 0 Å². The second-order valence-electron chi connectivity index (χ2n) is 7.10. The van der Waals surface area contributed by atoms with Gasteiger partial charge in [0, 0.05) is 38.3 Å². The molecule has 1 aromatic rings. The van der Waals surface area contributed by atoms with Crippen molar-refractivity contribution in [2.45, 2.75) is 45.2 Å². The van der Waals surface area contributed by atoms with Crippen molar-refractivity contribution in [3.05, 3.63) is 17.7 Å². The number of methoxy groups -OCH3 is 3. The molecule has 1 unspecified atom stereocenters. The Bertz CT molecular complexity index is 617. The summed E-state index contributed by atoms with van der Waals surface area (Å²) in [7, 11) is 6.70. The fraction of sp³-hybridized carbons (Fsp3) is 0.667. The third-order valence-electron chi connectivity index (χ3n) is 5.33. The van der Waals surface area contributed by atoms with Crippen LogP contribution in [0, 0.1) is 0 Å². The van der Waals surface area contributed by atoms with Gasteiger partial charge in [-0.25, -0.2) is 0 Å². The first-order valence-corrected chi connectivity index (χ1v) is 10.1. The molecule has 0 aromatic heterocycles. The third kappa shape index (κ3) is 7.73. The molecule has 0 radical (unpaired) electrons. The van der Waals surface area contributed by atoms with Gasteiger partial charge in [0.05, 0.1) is 33.4 Å². The molecule has 0 saturated carbocycles. The normalized spacial score (nSPS) is 17.3. The van der Waals surface area contributed by atoms with Crippen molar-refractivity contribution < 1.29 is 14.2 Å². The number of guanidine groups is 1. The SMILES string of the molecule is CN=C(NCCCN1CCCCC1C)NCc1c(OC)cc(OC)cc1OC.I. The highest BCUT2D eigenvalue weighted by Crippen LogP contribution is 2.33. The van der Waals surface area contributed by atoms with Crippen LogP contribution in [0.1, 0.15) is 38.2 Å². The van der Waals surface area contributed by atoms with Crippen LogP contribution in [0.2, 0.25) is 0 Å². The molecule has 166 valence electrons. The second kappa shape index (κ2) is 13.7. The molecule has 1 aliphatic heterocycles. The average Bonchev–Trinajstić information content (AvgIpc) is 2.73. The Hall–Kier alpha value is -1.42. The van der Waals surface area contributed by atoms with Gasteiger partial charge in [-0.2, -0.15) is 0 Å². The highest BCUT2D eigenvalue weighted by molar-refractivity contribution is 14.0.